The van der Waals surface area contributed by atoms with Gasteiger partial charge < -0.3 is 28.7 Å². The molecule has 0 unspecified atom stereocenters. The van der Waals surface area contributed by atoms with Gasteiger partial charge in [-0.25, -0.2) is 0 Å². The van der Waals surface area contributed by atoms with Crippen LogP contribution in [-0.4, -0.2) is 93.0 Å². The molecule has 0 spiro atoms. The van der Waals surface area contributed by atoms with Crippen LogP contribution in [0.25, 0.3) is 0 Å². The van der Waals surface area contributed by atoms with E-state index in [-0.39, 0.29) is 30.8 Å². The van der Waals surface area contributed by atoms with Gasteiger partial charge in [0.1, 0.15) is 18.0 Å². The molecule has 2 amide bonds. The van der Waals surface area contributed by atoms with Crippen molar-refractivity contribution >= 4 is 23.4 Å². The van der Waals surface area contributed by atoms with Crippen LogP contribution in [0.4, 0.5) is 0 Å². The molecule has 1 aromatic carbocycles. The Labute approximate surface area is 193 Å². The maximum Gasteiger partial charge on any atom is 0.226 e. The fourth-order valence-electron chi connectivity index (χ4n) is 4.45. The maximum atomic E-state index is 13.2. The van der Waals surface area contributed by atoms with E-state index in [0.717, 1.165) is 12.8 Å². The number of morpholine rings is 2. The van der Waals surface area contributed by atoms with Crippen molar-refractivity contribution < 1.29 is 28.5 Å². The topological polar surface area (TPSA) is 77.5 Å². The second kappa shape index (κ2) is 10.8. The predicted molar refractivity (Wildman–Crippen MR) is 118 cm³/mol. The minimum atomic E-state index is -0.920. The van der Waals surface area contributed by atoms with Crippen molar-refractivity contribution in [3.8, 4) is 5.75 Å². The van der Waals surface area contributed by atoms with Gasteiger partial charge in [0.15, 0.2) is 0 Å². The van der Waals surface area contributed by atoms with Crippen LogP contribution in [-0.2, 0) is 23.8 Å². The molecule has 0 bridgehead atoms. The smallest absolute Gasteiger partial charge is 0.226 e. The van der Waals surface area contributed by atoms with Crippen LogP contribution in [0.1, 0.15) is 19.3 Å². The molecule has 3 heterocycles. The lowest BCUT2D eigenvalue weighted by Crippen LogP contribution is -2.59. The zero-order chi connectivity index (χ0) is 22.4. The highest BCUT2D eigenvalue weighted by Crippen LogP contribution is 2.28. The van der Waals surface area contributed by atoms with Gasteiger partial charge in [-0.15, -0.1) is 0 Å². The van der Waals surface area contributed by atoms with Gasteiger partial charge in [-0.3, -0.25) is 9.59 Å². The van der Waals surface area contributed by atoms with Crippen LogP contribution in [0.15, 0.2) is 24.3 Å². The summed E-state index contributed by atoms with van der Waals surface area (Å²) in [6.07, 6.45) is 1.61. The highest BCUT2D eigenvalue weighted by Gasteiger charge is 2.43. The number of ether oxygens (including phenoxy) is 4. The Morgan fingerprint density at radius 3 is 2.50 bits per heavy atom. The Hall–Kier alpha value is -1.87. The standard InChI is InChI=1S/C23H31ClN2O6/c24-19-2-1-3-20(14-19)31-17-23(15-21(27)25-6-11-30-12-7-25)16-26(8-13-32-23)22(28)18-4-9-29-10-5-18/h1-3,14,18H,4-13,15-17H2/t23-/m1/s1. The van der Waals surface area contributed by atoms with E-state index in [1.54, 1.807) is 17.0 Å². The zero-order valence-electron chi connectivity index (χ0n) is 18.3. The number of benzene rings is 1. The van der Waals surface area contributed by atoms with Gasteiger partial charge in [-0.2, -0.15) is 0 Å². The summed E-state index contributed by atoms with van der Waals surface area (Å²) in [4.78, 5) is 29.9. The molecule has 1 aromatic rings. The minimum Gasteiger partial charge on any atom is -0.490 e. The molecule has 0 radical (unpaired) electrons. The van der Waals surface area contributed by atoms with Gasteiger partial charge >= 0.3 is 0 Å². The molecule has 4 rings (SSSR count). The number of halogens is 1. The second-order valence-corrected chi connectivity index (χ2v) is 9.03. The first-order valence-electron chi connectivity index (χ1n) is 11.3. The summed E-state index contributed by atoms with van der Waals surface area (Å²) in [6, 6.07) is 7.13. The first-order chi connectivity index (χ1) is 15.5. The van der Waals surface area contributed by atoms with Gasteiger partial charge in [-0.1, -0.05) is 17.7 Å². The van der Waals surface area contributed by atoms with Crippen molar-refractivity contribution in [3.63, 3.8) is 0 Å². The first kappa shape index (κ1) is 23.3. The number of hydrogen-bond donors (Lipinski definition) is 0. The van der Waals surface area contributed by atoms with Crippen LogP contribution in [0, 0.1) is 5.92 Å². The molecular weight excluding hydrogens is 436 g/mol. The first-order valence-corrected chi connectivity index (χ1v) is 11.7. The third kappa shape index (κ3) is 5.92. The summed E-state index contributed by atoms with van der Waals surface area (Å²) >= 11 is 6.09. The van der Waals surface area contributed by atoms with Gasteiger partial charge in [0.2, 0.25) is 11.8 Å². The minimum absolute atomic E-state index is 0.0108. The largest absolute Gasteiger partial charge is 0.490 e. The van der Waals surface area contributed by atoms with Gasteiger partial charge in [0.25, 0.3) is 0 Å². The number of hydrogen-bond acceptors (Lipinski definition) is 6. The molecule has 8 nitrogen and oxygen atoms in total. The molecule has 0 saturated carbocycles. The average molecular weight is 467 g/mol. The average Bonchev–Trinajstić information content (AvgIpc) is 2.84. The molecule has 0 N–H and O–H groups in total. The lowest BCUT2D eigenvalue weighted by atomic mass is 9.93. The highest BCUT2D eigenvalue weighted by molar-refractivity contribution is 6.30. The summed E-state index contributed by atoms with van der Waals surface area (Å²) in [7, 11) is 0. The van der Waals surface area contributed by atoms with E-state index in [4.69, 9.17) is 30.5 Å². The number of nitrogens with zero attached hydrogens (tertiary/aromatic N) is 2. The maximum absolute atomic E-state index is 13.2. The van der Waals surface area contributed by atoms with E-state index in [9.17, 15) is 9.59 Å². The molecule has 1 atom stereocenters. The zero-order valence-corrected chi connectivity index (χ0v) is 19.1. The molecule has 3 saturated heterocycles. The van der Waals surface area contributed by atoms with Gasteiger partial charge in [-0.05, 0) is 31.0 Å². The lowest BCUT2D eigenvalue weighted by molar-refractivity contribution is -0.170. The molecule has 32 heavy (non-hydrogen) atoms. The molecule has 3 fully saturated rings. The summed E-state index contributed by atoms with van der Waals surface area (Å²) in [5.74, 6) is 0.668. The van der Waals surface area contributed by atoms with Gasteiger partial charge in [0.05, 0.1) is 32.8 Å². The quantitative estimate of drug-likeness (QED) is 0.638. The number of rotatable bonds is 6. The molecule has 3 aliphatic heterocycles. The van der Waals surface area contributed by atoms with E-state index < -0.39 is 5.60 Å². The Balaban J connectivity index is 1.48. The Kier molecular flexibility index (Phi) is 7.88. The Morgan fingerprint density at radius 1 is 1.03 bits per heavy atom. The van der Waals surface area contributed by atoms with Crippen molar-refractivity contribution in [1.29, 1.82) is 0 Å². The number of amides is 2. The fraction of sp³-hybridized carbons (Fsp3) is 0.652. The molecule has 0 aromatic heterocycles. The molecule has 176 valence electrons. The van der Waals surface area contributed by atoms with Crippen molar-refractivity contribution in [2.45, 2.75) is 24.9 Å². The van der Waals surface area contributed by atoms with E-state index in [0.29, 0.717) is 70.0 Å². The van der Waals surface area contributed by atoms with E-state index in [2.05, 4.69) is 0 Å². The molecule has 0 aliphatic carbocycles. The molecular formula is C23H31ClN2O6. The van der Waals surface area contributed by atoms with E-state index >= 15 is 0 Å². The Bertz CT molecular complexity index is 796. The molecule has 3 aliphatic rings. The third-order valence-electron chi connectivity index (χ3n) is 6.27. The number of carbonyl (C=O) groups excluding carboxylic acids is 2. The van der Waals surface area contributed by atoms with Crippen LogP contribution < -0.4 is 4.74 Å². The van der Waals surface area contributed by atoms with E-state index in [1.807, 2.05) is 17.0 Å². The molecule has 9 heteroatoms. The summed E-state index contributed by atoms with van der Waals surface area (Å²) < 4.78 is 23.0. The third-order valence-corrected chi connectivity index (χ3v) is 6.50. The Morgan fingerprint density at radius 2 is 1.75 bits per heavy atom. The van der Waals surface area contributed by atoms with Crippen LogP contribution in [0.3, 0.4) is 0 Å². The van der Waals surface area contributed by atoms with Crippen molar-refractivity contribution in [1.82, 2.24) is 9.80 Å². The monoisotopic (exact) mass is 466 g/mol. The van der Waals surface area contributed by atoms with Crippen molar-refractivity contribution in [2.75, 3.05) is 65.8 Å². The highest BCUT2D eigenvalue weighted by atomic mass is 35.5. The lowest BCUT2D eigenvalue weighted by Gasteiger charge is -2.44. The summed E-state index contributed by atoms with van der Waals surface area (Å²) in [5, 5.41) is 0.571. The normalized spacial score (nSPS) is 24.9. The summed E-state index contributed by atoms with van der Waals surface area (Å²) in [6.45, 7) is 4.77. The van der Waals surface area contributed by atoms with Crippen LogP contribution in [0.5, 0.6) is 5.75 Å². The van der Waals surface area contributed by atoms with Crippen molar-refractivity contribution in [3.05, 3.63) is 29.3 Å². The van der Waals surface area contributed by atoms with Crippen molar-refractivity contribution in [2.24, 2.45) is 5.92 Å². The van der Waals surface area contributed by atoms with Crippen LogP contribution in [0.2, 0.25) is 5.02 Å². The fourth-order valence-corrected chi connectivity index (χ4v) is 4.63. The SMILES string of the molecule is O=C(C[C@]1(COc2cccc(Cl)c2)CN(C(=O)C2CCOCC2)CCO1)N1CCOCC1. The summed E-state index contributed by atoms with van der Waals surface area (Å²) in [5.41, 5.74) is -0.920. The number of carbonyl (C=O) groups is 2. The van der Waals surface area contributed by atoms with Crippen LogP contribution >= 0.6 is 11.6 Å². The van der Waals surface area contributed by atoms with Gasteiger partial charge in [0, 0.05) is 43.8 Å². The predicted octanol–water partition coefficient (Wildman–Crippen LogP) is 1.99. The second-order valence-electron chi connectivity index (χ2n) is 8.59. The van der Waals surface area contributed by atoms with E-state index in [1.165, 1.54) is 0 Å².